The Kier molecular flexibility index (Phi) is 23.4. The van der Waals surface area contributed by atoms with Crippen molar-refractivity contribution in [1.82, 2.24) is 21.3 Å². The number of nitro benzene ring substituents is 2. The first-order valence-corrected chi connectivity index (χ1v) is 27.4. The summed E-state index contributed by atoms with van der Waals surface area (Å²) < 4.78 is 25.1. The van der Waals surface area contributed by atoms with Crippen LogP contribution < -0.4 is 41.2 Å². The molecule has 444 valence electrons. The maximum absolute atomic E-state index is 14.8. The van der Waals surface area contributed by atoms with Crippen molar-refractivity contribution in [2.75, 3.05) is 6.61 Å². The molecule has 11 N–H and O–H groups in total. The molecule has 7 rings (SSSR count). The normalized spacial score (nSPS) is 21.7. The molecule has 4 aromatic carbocycles. The fraction of sp³-hybridized carbons (Fsp3) is 0.491. The number of amides is 4. The molecule has 25 heteroatoms. The molecule has 1 saturated heterocycles. The number of nitrogens with two attached hydrogens (primary N) is 1. The van der Waals surface area contributed by atoms with Crippen LogP contribution >= 0.6 is 0 Å². The first kappa shape index (κ1) is 63.4. The Balaban J connectivity index is 1.53. The number of nitrogens with one attached hydrogen (secondary N) is 4. The molecule has 1 fully saturated rings. The van der Waals surface area contributed by atoms with Gasteiger partial charge in [0.1, 0.15) is 42.2 Å². The summed E-state index contributed by atoms with van der Waals surface area (Å²) in [4.78, 5) is 92.6. The third-order valence-electron chi connectivity index (χ3n) is 14.0. The molecule has 0 spiro atoms. The number of unbranched alkanes of at least 4 members (excludes halogenated alkanes) is 8. The number of carbonyl (C=O) groups excluding carboxylic acids is 4. The van der Waals surface area contributed by atoms with Crippen LogP contribution in [0.2, 0.25) is 0 Å². The number of carbonyl (C=O) groups is 5. The lowest BCUT2D eigenvalue weighted by Crippen LogP contribution is -2.65. The number of nitro groups is 2. The van der Waals surface area contributed by atoms with Gasteiger partial charge in [0.05, 0.1) is 28.5 Å². The molecule has 3 aliphatic heterocycles. The average Bonchev–Trinajstić information content (AvgIpc) is 3.50. The van der Waals surface area contributed by atoms with Gasteiger partial charge in [-0.25, -0.2) is 4.79 Å². The van der Waals surface area contributed by atoms with Gasteiger partial charge in [-0.1, -0.05) is 109 Å². The number of aliphatic hydroxyl groups excluding tert-OH is 4. The Labute approximate surface area is 473 Å². The highest BCUT2D eigenvalue weighted by molar-refractivity contribution is 5.94. The summed E-state index contributed by atoms with van der Waals surface area (Å²) in [7, 11) is 0. The van der Waals surface area contributed by atoms with Crippen LogP contribution in [-0.4, -0.2) is 126 Å². The molecule has 25 nitrogen and oxygen atoms in total. The number of benzene rings is 4. The highest BCUT2D eigenvalue weighted by Crippen LogP contribution is 2.47. The van der Waals surface area contributed by atoms with E-state index >= 15 is 0 Å². The molecular formula is C57H73N7O18. The third kappa shape index (κ3) is 17.6. The van der Waals surface area contributed by atoms with Crippen LogP contribution in [0.5, 0.6) is 28.7 Å². The minimum Gasteiger partial charge on any atom is -0.479 e. The number of ether oxygens (including phenoxy) is 4. The zero-order valence-corrected chi connectivity index (χ0v) is 45.8. The number of carboxylic acids is 1. The van der Waals surface area contributed by atoms with Crippen molar-refractivity contribution in [1.29, 1.82) is 0 Å². The van der Waals surface area contributed by atoms with E-state index in [1.807, 2.05) is 13.8 Å². The van der Waals surface area contributed by atoms with Crippen LogP contribution in [0.3, 0.4) is 0 Å². The molecular weight excluding hydrogens is 1070 g/mol. The predicted molar refractivity (Wildman–Crippen MR) is 295 cm³/mol. The standard InChI is InChI=1S/C57H73N7O18/c1-4-5-6-7-8-9-10-11-15-18-46(66)61-48-50(68)49(67)45(31-65)81-57(48)82-52-43(79-37-22-20-36(21-23-37)63(75)76)29-35-30-44(52)80-42-24-19-34(28-41(42)64(77)78)27-40(59-53(70)38(58)25-32(2)3)54(71)60-39(26-33-16-13-12-14-17-33)55(72)62-47(35)51(69)56(73)74/h12-14,16-17,19-24,28-30,32,38-40,45,47-51,57,65,67-69H,4-11,15,18,25-27,31,58H2,1-3H3,(H,59,70)(H,60,71)(H,61,66)(H,62,72)(H,73,74)/t38-,39+,40-,45-,47-,48-,49-,50-,51-,57+/m1/s1. The van der Waals surface area contributed by atoms with Gasteiger partial charge in [-0.05, 0) is 65.8 Å². The fourth-order valence-electron chi connectivity index (χ4n) is 9.56. The highest BCUT2D eigenvalue weighted by Gasteiger charge is 2.47. The molecule has 0 radical (unpaired) electrons. The van der Waals surface area contributed by atoms with E-state index in [0.29, 0.717) is 18.4 Å². The Hall–Kier alpha value is -7.81. The molecule has 3 heterocycles. The van der Waals surface area contributed by atoms with E-state index in [9.17, 15) is 69.7 Å². The second kappa shape index (κ2) is 30.3. The van der Waals surface area contributed by atoms with Gasteiger partial charge < -0.3 is 71.5 Å². The summed E-state index contributed by atoms with van der Waals surface area (Å²) in [5, 5.41) is 90.2. The highest BCUT2D eigenvalue weighted by atomic mass is 16.7. The molecule has 4 amide bonds. The van der Waals surface area contributed by atoms with Crippen molar-refractivity contribution in [2.24, 2.45) is 11.7 Å². The first-order chi connectivity index (χ1) is 39.2. The van der Waals surface area contributed by atoms with E-state index in [1.54, 1.807) is 30.3 Å². The zero-order chi connectivity index (χ0) is 59.6. The van der Waals surface area contributed by atoms with Crippen LogP contribution in [-0.2, 0) is 41.6 Å². The predicted octanol–water partition coefficient (Wildman–Crippen LogP) is 5.06. The van der Waals surface area contributed by atoms with Crippen LogP contribution in [0.4, 0.5) is 11.4 Å². The summed E-state index contributed by atoms with van der Waals surface area (Å²) in [6, 6.07) is 10.6. The minimum absolute atomic E-state index is 0.0176. The van der Waals surface area contributed by atoms with Crippen LogP contribution in [0.1, 0.15) is 114 Å². The van der Waals surface area contributed by atoms with E-state index < -0.39 is 142 Å². The lowest BCUT2D eigenvalue weighted by Gasteiger charge is -2.42. The number of hydrogen-bond donors (Lipinski definition) is 10. The Morgan fingerprint density at radius 3 is 2.12 bits per heavy atom. The van der Waals surface area contributed by atoms with E-state index in [-0.39, 0.29) is 47.7 Å². The van der Waals surface area contributed by atoms with Crippen LogP contribution in [0.25, 0.3) is 0 Å². The smallest absolute Gasteiger partial charge is 0.335 e. The van der Waals surface area contributed by atoms with Gasteiger partial charge in [0.25, 0.3) is 5.69 Å². The molecule has 4 bridgehead atoms. The number of fused-ring (bicyclic) bond motifs is 9. The van der Waals surface area contributed by atoms with Gasteiger partial charge >= 0.3 is 11.7 Å². The van der Waals surface area contributed by atoms with Gasteiger partial charge in [0.15, 0.2) is 17.6 Å². The summed E-state index contributed by atoms with van der Waals surface area (Å²) in [6.07, 6.45) is -1.48. The molecule has 4 aromatic rings. The summed E-state index contributed by atoms with van der Waals surface area (Å²) in [5.41, 5.74) is 5.36. The molecule has 3 aliphatic rings. The summed E-state index contributed by atoms with van der Waals surface area (Å²) >= 11 is 0. The first-order valence-electron chi connectivity index (χ1n) is 27.4. The van der Waals surface area contributed by atoms with Crippen LogP contribution in [0, 0.1) is 26.1 Å². The van der Waals surface area contributed by atoms with Gasteiger partial charge in [0, 0.05) is 37.5 Å². The largest absolute Gasteiger partial charge is 0.479 e. The molecule has 0 aliphatic carbocycles. The number of aliphatic carboxylic acids is 1. The topological polar surface area (TPSA) is 384 Å². The van der Waals surface area contributed by atoms with E-state index in [2.05, 4.69) is 28.2 Å². The lowest BCUT2D eigenvalue weighted by molar-refractivity contribution is -0.385. The molecule has 0 aromatic heterocycles. The minimum atomic E-state index is -2.53. The average molecular weight is 1140 g/mol. The molecule has 82 heavy (non-hydrogen) atoms. The fourth-order valence-corrected chi connectivity index (χ4v) is 9.56. The summed E-state index contributed by atoms with van der Waals surface area (Å²) in [6.45, 7) is 4.91. The monoisotopic (exact) mass is 1140 g/mol. The van der Waals surface area contributed by atoms with Gasteiger partial charge in [-0.3, -0.25) is 39.4 Å². The van der Waals surface area contributed by atoms with Crippen LogP contribution in [0.15, 0.2) is 84.9 Å². The summed E-state index contributed by atoms with van der Waals surface area (Å²) in [5.74, 6) is -7.68. The SMILES string of the molecule is CCCCCCCCCCCC(=O)N[C@H]1[C@H](Oc2c(Oc3ccc([N+](=O)[O-])cc3)cc3cc2Oc2ccc(cc2[N+](=O)[O-])C[C@@H](NC(=O)[C@H](N)CC(C)C)C(=O)N[C@@H](Cc2ccccc2)C(=O)N[C@H]3[C@@H](O)C(=O)O)O[C@H](CO)[C@@H](O)[C@@H]1O. The zero-order valence-electron chi connectivity index (χ0n) is 45.8. The van der Waals surface area contributed by atoms with E-state index in [4.69, 9.17) is 24.7 Å². The number of non-ortho nitro benzene ring substituents is 1. The maximum atomic E-state index is 14.8. The van der Waals surface area contributed by atoms with Crippen molar-refractivity contribution in [3.05, 3.63) is 122 Å². The Morgan fingerprint density at radius 2 is 1.50 bits per heavy atom. The Morgan fingerprint density at radius 1 is 0.829 bits per heavy atom. The lowest BCUT2D eigenvalue weighted by atomic mass is 9.96. The number of rotatable bonds is 26. The van der Waals surface area contributed by atoms with Gasteiger partial charge in [-0.2, -0.15) is 0 Å². The molecule has 0 unspecified atom stereocenters. The quantitative estimate of drug-likeness (QED) is 0.0223. The number of nitrogens with zero attached hydrogens (tertiary/aromatic N) is 2. The van der Waals surface area contributed by atoms with E-state index in [0.717, 1.165) is 81.3 Å². The number of hydrogen-bond acceptors (Lipinski definition) is 18. The Bertz CT molecular complexity index is 2840. The van der Waals surface area contributed by atoms with Gasteiger partial charge in [-0.15, -0.1) is 0 Å². The maximum Gasteiger partial charge on any atom is 0.335 e. The molecule has 0 saturated carbocycles. The van der Waals surface area contributed by atoms with Crippen molar-refractivity contribution in [3.63, 3.8) is 0 Å². The van der Waals surface area contributed by atoms with Crippen molar-refractivity contribution in [3.8, 4) is 28.7 Å². The second-order valence-electron chi connectivity index (χ2n) is 20.9. The third-order valence-corrected chi connectivity index (χ3v) is 14.0. The van der Waals surface area contributed by atoms with Crippen molar-refractivity contribution >= 4 is 41.0 Å². The van der Waals surface area contributed by atoms with Gasteiger partial charge in [0.2, 0.25) is 41.4 Å². The number of carboxylic acid groups (broad SMARTS) is 1. The van der Waals surface area contributed by atoms with E-state index in [1.165, 1.54) is 18.2 Å². The second-order valence-corrected chi connectivity index (χ2v) is 20.9. The number of aliphatic hydroxyl groups is 4. The molecule has 10 atom stereocenters. The van der Waals surface area contributed by atoms with Crippen molar-refractivity contribution < 1.29 is 78.3 Å². The van der Waals surface area contributed by atoms with Crippen molar-refractivity contribution in [2.45, 2.75) is 165 Å².